The average Bonchev–Trinajstić information content (AvgIpc) is 3.06. The second-order valence-electron chi connectivity index (χ2n) is 6.80. The van der Waals surface area contributed by atoms with E-state index in [1.807, 2.05) is 25.6 Å². The summed E-state index contributed by atoms with van der Waals surface area (Å²) >= 11 is 0. The van der Waals surface area contributed by atoms with Gasteiger partial charge in [-0.3, -0.25) is 14.5 Å². The zero-order valence-corrected chi connectivity index (χ0v) is 14.4. The molecule has 0 aliphatic heterocycles. The molecule has 0 bridgehead atoms. The van der Waals surface area contributed by atoms with Crippen LogP contribution in [0.4, 0.5) is 0 Å². The highest BCUT2D eigenvalue weighted by atomic mass is 16.1. The molecule has 0 unspecified atom stereocenters. The lowest BCUT2D eigenvalue weighted by Gasteiger charge is -2.20. The summed E-state index contributed by atoms with van der Waals surface area (Å²) < 4.78 is 1.77. The summed E-state index contributed by atoms with van der Waals surface area (Å²) in [6.07, 6.45) is 15.7. The van der Waals surface area contributed by atoms with Gasteiger partial charge in [-0.15, -0.1) is 0 Å². The van der Waals surface area contributed by atoms with E-state index >= 15 is 0 Å². The summed E-state index contributed by atoms with van der Waals surface area (Å²) in [5, 5.41) is 7.21. The largest absolute Gasteiger partial charge is 0.352 e. The monoisotopic (exact) mass is 326 g/mol. The quantitative estimate of drug-likeness (QED) is 0.884. The van der Waals surface area contributed by atoms with Crippen LogP contribution in [0.25, 0.3) is 11.1 Å². The van der Waals surface area contributed by atoms with Gasteiger partial charge >= 0.3 is 0 Å². The molecule has 0 radical (unpaired) electrons. The van der Waals surface area contributed by atoms with Crippen LogP contribution in [0.2, 0.25) is 0 Å². The number of carbonyl (C=O) groups is 1. The van der Waals surface area contributed by atoms with E-state index in [-0.39, 0.29) is 5.91 Å². The number of nitrogens with zero attached hydrogens (tertiary/aromatic N) is 3. The molecule has 1 amide bonds. The summed E-state index contributed by atoms with van der Waals surface area (Å²) in [5.41, 5.74) is 3.08. The second-order valence-corrected chi connectivity index (χ2v) is 6.80. The van der Waals surface area contributed by atoms with Crippen molar-refractivity contribution in [3.8, 4) is 11.1 Å². The van der Waals surface area contributed by atoms with Crippen molar-refractivity contribution in [2.45, 2.75) is 51.5 Å². The predicted molar refractivity (Wildman–Crippen MR) is 94.1 cm³/mol. The van der Waals surface area contributed by atoms with E-state index < -0.39 is 0 Å². The maximum atomic E-state index is 12.1. The first-order chi connectivity index (χ1) is 11.7. The minimum atomic E-state index is 0.146. The molecule has 0 saturated heterocycles. The fraction of sp³-hybridized carbons (Fsp3) is 0.526. The first kappa shape index (κ1) is 16.7. The minimum absolute atomic E-state index is 0.146. The number of amides is 1. The van der Waals surface area contributed by atoms with Crippen LogP contribution in [0.1, 0.15) is 50.5 Å². The smallest absolute Gasteiger partial charge is 0.220 e. The van der Waals surface area contributed by atoms with Crippen molar-refractivity contribution in [2.24, 2.45) is 13.0 Å². The molecule has 1 fully saturated rings. The number of aromatic nitrogens is 3. The van der Waals surface area contributed by atoms with Crippen LogP contribution in [0.3, 0.4) is 0 Å². The zero-order chi connectivity index (χ0) is 16.8. The molecule has 5 nitrogen and oxygen atoms in total. The number of nitrogens with one attached hydrogen (secondary N) is 1. The van der Waals surface area contributed by atoms with E-state index in [0.29, 0.717) is 13.0 Å². The summed E-state index contributed by atoms with van der Waals surface area (Å²) in [5.74, 6) is 0.896. The van der Waals surface area contributed by atoms with E-state index in [1.54, 1.807) is 10.9 Å². The summed E-state index contributed by atoms with van der Waals surface area (Å²) in [6.45, 7) is 0.532. The van der Waals surface area contributed by atoms with E-state index in [0.717, 1.165) is 29.0 Å². The van der Waals surface area contributed by atoms with Crippen molar-refractivity contribution >= 4 is 5.91 Å². The van der Waals surface area contributed by atoms with Gasteiger partial charge in [-0.2, -0.15) is 5.10 Å². The van der Waals surface area contributed by atoms with Gasteiger partial charge in [0, 0.05) is 49.7 Å². The summed E-state index contributed by atoms with van der Waals surface area (Å²) in [6, 6.07) is 2.06. The fourth-order valence-electron chi connectivity index (χ4n) is 3.41. The first-order valence-corrected chi connectivity index (χ1v) is 8.90. The Morgan fingerprint density at radius 2 is 2.04 bits per heavy atom. The van der Waals surface area contributed by atoms with Crippen LogP contribution in [0.15, 0.2) is 30.9 Å². The SMILES string of the molecule is Cn1cc(-c2cncc(CNC(=O)CCC3CCCCC3)c2)cn1. The Labute approximate surface area is 143 Å². The van der Waals surface area contributed by atoms with Crippen molar-refractivity contribution in [1.82, 2.24) is 20.1 Å². The molecule has 24 heavy (non-hydrogen) atoms. The fourth-order valence-corrected chi connectivity index (χ4v) is 3.41. The van der Waals surface area contributed by atoms with Gasteiger partial charge in [-0.1, -0.05) is 32.1 Å². The second kappa shape index (κ2) is 8.08. The van der Waals surface area contributed by atoms with Crippen molar-refractivity contribution in [3.05, 3.63) is 36.4 Å². The Morgan fingerprint density at radius 1 is 1.21 bits per heavy atom. The maximum Gasteiger partial charge on any atom is 0.220 e. The van der Waals surface area contributed by atoms with Gasteiger partial charge in [0.1, 0.15) is 0 Å². The molecule has 1 aliphatic carbocycles. The molecule has 2 aromatic heterocycles. The topological polar surface area (TPSA) is 59.8 Å². The lowest BCUT2D eigenvalue weighted by molar-refractivity contribution is -0.121. The third-order valence-electron chi connectivity index (χ3n) is 4.83. The molecule has 2 heterocycles. The standard InChI is InChI=1S/C19H26N4O/c1-23-14-18(13-22-23)17-9-16(10-20-12-17)11-21-19(24)8-7-15-5-3-2-4-6-15/h9-10,12-15H,2-8,11H2,1H3,(H,21,24). The molecule has 0 atom stereocenters. The van der Waals surface area contributed by atoms with Gasteiger partial charge in [0.2, 0.25) is 5.91 Å². The van der Waals surface area contributed by atoms with Crippen molar-refractivity contribution in [2.75, 3.05) is 0 Å². The minimum Gasteiger partial charge on any atom is -0.352 e. The molecule has 5 heteroatoms. The van der Waals surface area contributed by atoms with Crippen molar-refractivity contribution in [1.29, 1.82) is 0 Å². The molecule has 0 aromatic carbocycles. The van der Waals surface area contributed by atoms with Gasteiger partial charge in [0.25, 0.3) is 0 Å². The van der Waals surface area contributed by atoms with Gasteiger partial charge in [0.15, 0.2) is 0 Å². The molecule has 0 spiro atoms. The third kappa shape index (κ3) is 4.66. The third-order valence-corrected chi connectivity index (χ3v) is 4.83. The van der Waals surface area contributed by atoms with Gasteiger partial charge < -0.3 is 5.32 Å². The molecular formula is C19H26N4O. The molecule has 1 N–H and O–H groups in total. The molecule has 1 aliphatic rings. The highest BCUT2D eigenvalue weighted by molar-refractivity contribution is 5.75. The predicted octanol–water partition coefficient (Wildman–Crippen LogP) is 3.46. The molecule has 3 rings (SSSR count). The van der Waals surface area contributed by atoms with Crippen LogP contribution in [-0.2, 0) is 18.4 Å². The lowest BCUT2D eigenvalue weighted by Crippen LogP contribution is -2.23. The normalized spacial score (nSPS) is 15.4. The Bertz CT molecular complexity index is 674. The average molecular weight is 326 g/mol. The number of carbonyl (C=O) groups excluding carboxylic acids is 1. The van der Waals surface area contributed by atoms with E-state index in [1.165, 1.54) is 32.1 Å². The summed E-state index contributed by atoms with van der Waals surface area (Å²) in [7, 11) is 1.90. The Balaban J connectivity index is 1.48. The lowest BCUT2D eigenvalue weighted by atomic mass is 9.86. The maximum absolute atomic E-state index is 12.1. The number of pyridine rings is 1. The van der Waals surface area contributed by atoms with Crippen LogP contribution in [0.5, 0.6) is 0 Å². The number of aryl methyl sites for hydroxylation is 1. The Kier molecular flexibility index (Phi) is 5.62. The van der Waals surface area contributed by atoms with Gasteiger partial charge in [0.05, 0.1) is 6.20 Å². The van der Waals surface area contributed by atoms with E-state index in [9.17, 15) is 4.79 Å². The van der Waals surface area contributed by atoms with Crippen LogP contribution < -0.4 is 5.32 Å². The first-order valence-electron chi connectivity index (χ1n) is 8.90. The van der Waals surface area contributed by atoms with Crippen LogP contribution in [0, 0.1) is 5.92 Å². The van der Waals surface area contributed by atoms with Crippen molar-refractivity contribution in [3.63, 3.8) is 0 Å². The Morgan fingerprint density at radius 3 is 2.79 bits per heavy atom. The molecule has 128 valence electrons. The zero-order valence-electron chi connectivity index (χ0n) is 14.4. The number of hydrogen-bond donors (Lipinski definition) is 1. The number of hydrogen-bond acceptors (Lipinski definition) is 3. The van der Waals surface area contributed by atoms with Crippen LogP contribution >= 0.6 is 0 Å². The van der Waals surface area contributed by atoms with E-state index in [4.69, 9.17) is 0 Å². The molecule has 1 saturated carbocycles. The van der Waals surface area contributed by atoms with Crippen molar-refractivity contribution < 1.29 is 4.79 Å². The van der Waals surface area contributed by atoms with Gasteiger partial charge in [-0.05, 0) is 24.0 Å². The van der Waals surface area contributed by atoms with Crippen LogP contribution in [-0.4, -0.2) is 20.7 Å². The highest BCUT2D eigenvalue weighted by Gasteiger charge is 2.14. The Hall–Kier alpha value is -2.17. The van der Waals surface area contributed by atoms with Gasteiger partial charge in [-0.25, -0.2) is 0 Å². The van der Waals surface area contributed by atoms with E-state index in [2.05, 4.69) is 21.5 Å². The highest BCUT2D eigenvalue weighted by Crippen LogP contribution is 2.27. The molecular weight excluding hydrogens is 300 g/mol. The molecule has 2 aromatic rings. The number of rotatable bonds is 6. The summed E-state index contributed by atoms with van der Waals surface area (Å²) in [4.78, 5) is 16.4.